The van der Waals surface area contributed by atoms with Crippen molar-refractivity contribution in [2.24, 2.45) is 0 Å². The van der Waals surface area contributed by atoms with Gasteiger partial charge in [-0.1, -0.05) is 25.1 Å². The molecule has 0 aromatic heterocycles. The highest BCUT2D eigenvalue weighted by molar-refractivity contribution is 5.79. The monoisotopic (exact) mass is 206 g/mol. The minimum atomic E-state index is -0.286. The van der Waals surface area contributed by atoms with Crippen LogP contribution in [0.2, 0.25) is 0 Å². The second kappa shape index (κ2) is 5.29. The van der Waals surface area contributed by atoms with Crippen LogP contribution in [0.15, 0.2) is 24.3 Å². The van der Waals surface area contributed by atoms with Gasteiger partial charge in [0.2, 0.25) is 0 Å². The van der Waals surface area contributed by atoms with Crippen molar-refractivity contribution in [3.05, 3.63) is 29.8 Å². The minimum absolute atomic E-state index is 0.0509. The molecular weight excluding hydrogens is 192 g/mol. The van der Waals surface area contributed by atoms with Gasteiger partial charge < -0.3 is 4.74 Å². The molecule has 0 heterocycles. The third kappa shape index (κ3) is 3.54. The van der Waals surface area contributed by atoms with E-state index in [1.54, 1.807) is 25.1 Å². The van der Waals surface area contributed by atoms with Gasteiger partial charge in [0.1, 0.15) is 11.5 Å². The first-order chi connectivity index (χ1) is 7.13. The van der Waals surface area contributed by atoms with Gasteiger partial charge in [-0.05, 0) is 13.0 Å². The molecule has 0 aliphatic heterocycles. The average Bonchev–Trinajstić information content (AvgIpc) is 2.20. The molecule has 15 heavy (non-hydrogen) atoms. The summed E-state index contributed by atoms with van der Waals surface area (Å²) in [6.07, 6.45) is 0.627. The molecule has 0 aliphatic carbocycles. The molecule has 0 unspecified atom stereocenters. The number of hydrogen-bond acceptors (Lipinski definition) is 3. The van der Waals surface area contributed by atoms with Crippen molar-refractivity contribution in [2.75, 3.05) is 0 Å². The molecule has 0 fully saturated rings. The molecule has 0 bridgehead atoms. The number of rotatable bonds is 4. The molecule has 3 heteroatoms. The number of hydrogen-bond donors (Lipinski definition) is 0. The largest absolute Gasteiger partial charge is 0.426 e. The summed E-state index contributed by atoms with van der Waals surface area (Å²) >= 11 is 0. The van der Waals surface area contributed by atoms with Crippen LogP contribution in [0, 0.1) is 0 Å². The normalized spacial score (nSPS) is 9.73. The number of para-hydroxylation sites is 1. The molecule has 1 rings (SSSR count). The SMILES string of the molecule is CCC(=O)Oc1ccccc1CC(C)=O. The fraction of sp³-hybridized carbons (Fsp3) is 0.333. The smallest absolute Gasteiger partial charge is 0.310 e. The van der Waals surface area contributed by atoms with Crippen LogP contribution >= 0.6 is 0 Å². The van der Waals surface area contributed by atoms with Crippen molar-refractivity contribution in [1.29, 1.82) is 0 Å². The van der Waals surface area contributed by atoms with E-state index in [2.05, 4.69) is 0 Å². The lowest BCUT2D eigenvalue weighted by Gasteiger charge is -2.07. The lowest BCUT2D eigenvalue weighted by Crippen LogP contribution is -2.08. The van der Waals surface area contributed by atoms with Gasteiger partial charge in [-0.3, -0.25) is 9.59 Å². The Morgan fingerprint density at radius 2 is 1.93 bits per heavy atom. The number of benzene rings is 1. The van der Waals surface area contributed by atoms with Crippen LogP contribution in [0.1, 0.15) is 25.8 Å². The number of esters is 1. The summed E-state index contributed by atoms with van der Waals surface area (Å²) in [6, 6.07) is 7.09. The molecule has 0 amide bonds. The zero-order chi connectivity index (χ0) is 11.3. The number of carbonyl (C=O) groups excluding carboxylic acids is 2. The summed E-state index contributed by atoms with van der Waals surface area (Å²) in [7, 11) is 0. The highest BCUT2D eigenvalue weighted by Crippen LogP contribution is 2.19. The quantitative estimate of drug-likeness (QED) is 0.560. The fourth-order valence-corrected chi connectivity index (χ4v) is 1.21. The minimum Gasteiger partial charge on any atom is -0.426 e. The number of Topliss-reactive ketones (excluding diaryl/α,β-unsaturated/α-hetero) is 1. The van der Waals surface area contributed by atoms with Crippen molar-refractivity contribution in [2.45, 2.75) is 26.7 Å². The van der Waals surface area contributed by atoms with E-state index in [-0.39, 0.29) is 11.8 Å². The summed E-state index contributed by atoms with van der Waals surface area (Å²) in [5.41, 5.74) is 0.756. The van der Waals surface area contributed by atoms with Crippen LogP contribution in [0.25, 0.3) is 0 Å². The van der Waals surface area contributed by atoms with Crippen LogP contribution in [-0.4, -0.2) is 11.8 Å². The first-order valence-corrected chi connectivity index (χ1v) is 4.91. The number of carbonyl (C=O) groups is 2. The van der Waals surface area contributed by atoms with Gasteiger partial charge in [0.05, 0.1) is 0 Å². The van der Waals surface area contributed by atoms with Crippen molar-refractivity contribution in [3.63, 3.8) is 0 Å². The molecule has 80 valence electrons. The molecule has 0 atom stereocenters. The third-order valence-corrected chi connectivity index (χ3v) is 1.92. The highest BCUT2D eigenvalue weighted by Gasteiger charge is 2.08. The van der Waals surface area contributed by atoms with E-state index in [0.717, 1.165) is 5.56 Å². The van der Waals surface area contributed by atoms with E-state index in [1.165, 1.54) is 6.92 Å². The Kier molecular flexibility index (Phi) is 4.03. The van der Waals surface area contributed by atoms with Gasteiger partial charge in [-0.2, -0.15) is 0 Å². The van der Waals surface area contributed by atoms with E-state index in [4.69, 9.17) is 4.74 Å². The Bertz CT molecular complexity index is 369. The molecule has 1 aromatic rings. The van der Waals surface area contributed by atoms with Crippen LogP contribution in [-0.2, 0) is 16.0 Å². The maximum Gasteiger partial charge on any atom is 0.310 e. The second-order valence-corrected chi connectivity index (χ2v) is 3.31. The van der Waals surface area contributed by atoms with Crippen LogP contribution in [0.5, 0.6) is 5.75 Å². The van der Waals surface area contributed by atoms with E-state index in [0.29, 0.717) is 18.6 Å². The molecule has 0 N–H and O–H groups in total. The van der Waals surface area contributed by atoms with E-state index in [9.17, 15) is 9.59 Å². The zero-order valence-electron chi connectivity index (χ0n) is 8.95. The Morgan fingerprint density at radius 1 is 1.27 bits per heavy atom. The number of ketones is 1. The van der Waals surface area contributed by atoms with E-state index in [1.807, 2.05) is 6.07 Å². The summed E-state index contributed by atoms with van der Waals surface area (Å²) in [4.78, 5) is 22.1. The van der Waals surface area contributed by atoms with Crippen LogP contribution in [0.4, 0.5) is 0 Å². The standard InChI is InChI=1S/C12H14O3/c1-3-12(14)15-11-7-5-4-6-10(11)8-9(2)13/h4-7H,3,8H2,1-2H3. The fourth-order valence-electron chi connectivity index (χ4n) is 1.21. The third-order valence-electron chi connectivity index (χ3n) is 1.92. The van der Waals surface area contributed by atoms with Crippen molar-refractivity contribution in [3.8, 4) is 5.75 Å². The molecule has 0 saturated carbocycles. The Morgan fingerprint density at radius 3 is 2.53 bits per heavy atom. The molecule has 1 aromatic carbocycles. The average molecular weight is 206 g/mol. The van der Waals surface area contributed by atoms with Gasteiger partial charge in [-0.25, -0.2) is 0 Å². The van der Waals surface area contributed by atoms with E-state index >= 15 is 0 Å². The molecule has 0 radical (unpaired) electrons. The van der Waals surface area contributed by atoms with Gasteiger partial charge >= 0.3 is 5.97 Å². The molecule has 0 aliphatic rings. The maximum absolute atomic E-state index is 11.1. The summed E-state index contributed by atoms with van der Waals surface area (Å²) in [5, 5.41) is 0. The Balaban J connectivity index is 2.85. The predicted molar refractivity (Wildman–Crippen MR) is 56.8 cm³/mol. The second-order valence-electron chi connectivity index (χ2n) is 3.31. The van der Waals surface area contributed by atoms with Crippen molar-refractivity contribution < 1.29 is 14.3 Å². The van der Waals surface area contributed by atoms with Crippen molar-refractivity contribution in [1.82, 2.24) is 0 Å². The van der Waals surface area contributed by atoms with Crippen LogP contribution < -0.4 is 4.74 Å². The lowest BCUT2D eigenvalue weighted by molar-refractivity contribution is -0.134. The topological polar surface area (TPSA) is 43.4 Å². The number of ether oxygens (including phenoxy) is 1. The molecule has 0 spiro atoms. The summed E-state index contributed by atoms with van der Waals surface area (Å²) < 4.78 is 5.10. The molecular formula is C12H14O3. The lowest BCUT2D eigenvalue weighted by atomic mass is 10.1. The highest BCUT2D eigenvalue weighted by atomic mass is 16.5. The molecule has 0 saturated heterocycles. The Labute approximate surface area is 89.1 Å². The maximum atomic E-state index is 11.1. The van der Waals surface area contributed by atoms with Crippen molar-refractivity contribution >= 4 is 11.8 Å². The van der Waals surface area contributed by atoms with Gasteiger partial charge in [0, 0.05) is 18.4 Å². The summed E-state index contributed by atoms with van der Waals surface area (Å²) in [6.45, 7) is 3.24. The van der Waals surface area contributed by atoms with Gasteiger partial charge in [0.15, 0.2) is 0 Å². The Hall–Kier alpha value is -1.64. The first kappa shape index (κ1) is 11.4. The van der Waals surface area contributed by atoms with E-state index < -0.39 is 0 Å². The van der Waals surface area contributed by atoms with Gasteiger partial charge in [-0.15, -0.1) is 0 Å². The van der Waals surface area contributed by atoms with Gasteiger partial charge in [0.25, 0.3) is 0 Å². The first-order valence-electron chi connectivity index (χ1n) is 4.91. The summed E-state index contributed by atoms with van der Waals surface area (Å²) in [5.74, 6) is 0.251. The van der Waals surface area contributed by atoms with Crippen LogP contribution in [0.3, 0.4) is 0 Å². The zero-order valence-corrected chi connectivity index (χ0v) is 8.95. The molecule has 3 nitrogen and oxygen atoms in total. The predicted octanol–water partition coefficient (Wildman–Crippen LogP) is 2.13.